The van der Waals surface area contributed by atoms with Gasteiger partial charge in [-0.25, -0.2) is 19.3 Å². The van der Waals surface area contributed by atoms with Gasteiger partial charge in [-0.2, -0.15) is 0 Å². The Kier molecular flexibility index (Phi) is 5.09. The number of hydrogen-bond donors (Lipinski definition) is 2. The topological polar surface area (TPSA) is 75.9 Å². The van der Waals surface area contributed by atoms with Crippen molar-refractivity contribution >= 4 is 5.95 Å². The second-order valence-electron chi connectivity index (χ2n) is 7.21. The number of nitrogens with zero attached hydrogens (tertiary/aromatic N) is 4. The first kappa shape index (κ1) is 18.6. The predicted molar refractivity (Wildman–Crippen MR) is 107 cm³/mol. The summed E-state index contributed by atoms with van der Waals surface area (Å²) in [7, 11) is 0. The monoisotopic (exact) mass is 381 g/mol. The normalized spacial score (nSPS) is 18.3. The highest BCUT2D eigenvalue weighted by Gasteiger charge is 2.34. The minimum absolute atomic E-state index is 0.0373. The molecule has 3 aromatic rings. The molecule has 6 nitrogen and oxygen atoms in total. The van der Waals surface area contributed by atoms with Gasteiger partial charge in [0.1, 0.15) is 11.6 Å². The fraction of sp³-hybridized carbons (Fsp3) is 0.381. The van der Waals surface area contributed by atoms with Gasteiger partial charge in [0.05, 0.1) is 29.7 Å². The Balaban J connectivity index is 1.89. The fourth-order valence-electron chi connectivity index (χ4n) is 3.81. The number of imidazole rings is 1. The molecule has 1 aromatic carbocycles. The maximum absolute atomic E-state index is 13.5. The summed E-state index contributed by atoms with van der Waals surface area (Å²) in [5, 5.41) is 13.2. The van der Waals surface area contributed by atoms with Crippen LogP contribution in [-0.4, -0.2) is 37.8 Å². The maximum Gasteiger partial charge on any atom is 0.223 e. The van der Waals surface area contributed by atoms with E-state index in [1.807, 2.05) is 6.07 Å². The SMILES string of the molecule is CCCNc1nccc(-c2c(-c3ccc(F)cc3)nc3n2[C@H](CO)C[C@H]3C)n1. The smallest absolute Gasteiger partial charge is 0.223 e. The third-order valence-electron chi connectivity index (χ3n) is 5.13. The Hall–Kier alpha value is -2.80. The Bertz CT molecular complexity index is 969. The molecule has 1 aliphatic rings. The number of aliphatic hydroxyl groups is 1. The van der Waals surface area contributed by atoms with Gasteiger partial charge in [-0.05, 0) is 43.2 Å². The summed E-state index contributed by atoms with van der Waals surface area (Å²) < 4.78 is 15.5. The molecular formula is C21H24FN5O. The van der Waals surface area contributed by atoms with E-state index in [0.29, 0.717) is 5.95 Å². The Morgan fingerprint density at radius 3 is 2.71 bits per heavy atom. The third kappa shape index (κ3) is 3.26. The van der Waals surface area contributed by atoms with Crippen molar-refractivity contribution in [3.8, 4) is 22.6 Å². The van der Waals surface area contributed by atoms with Gasteiger partial charge in [0.15, 0.2) is 0 Å². The van der Waals surface area contributed by atoms with Crippen molar-refractivity contribution in [3.05, 3.63) is 48.2 Å². The summed E-state index contributed by atoms with van der Waals surface area (Å²) in [5.41, 5.74) is 3.15. The number of hydrogen-bond acceptors (Lipinski definition) is 5. The molecule has 1 aliphatic heterocycles. The molecule has 3 heterocycles. The molecule has 2 aromatic heterocycles. The van der Waals surface area contributed by atoms with Gasteiger partial charge in [-0.1, -0.05) is 13.8 Å². The standard InChI is InChI=1S/C21H24FN5O/c1-3-9-23-21-24-10-8-17(25-21)19-18(14-4-6-15(22)7-5-14)26-20-13(2)11-16(12-28)27(19)20/h4-8,10,13,16,28H,3,9,11-12H2,1-2H3,(H,23,24,25)/t13-,16+/m1/s1. The molecule has 146 valence electrons. The van der Waals surface area contributed by atoms with Crippen molar-refractivity contribution in [1.29, 1.82) is 0 Å². The molecule has 0 aliphatic carbocycles. The molecule has 0 saturated carbocycles. The molecule has 0 unspecified atom stereocenters. The molecule has 0 saturated heterocycles. The molecular weight excluding hydrogens is 357 g/mol. The maximum atomic E-state index is 13.5. The van der Waals surface area contributed by atoms with Gasteiger partial charge >= 0.3 is 0 Å². The second kappa shape index (κ2) is 7.67. The van der Waals surface area contributed by atoms with E-state index in [0.717, 1.165) is 47.9 Å². The van der Waals surface area contributed by atoms with E-state index in [-0.39, 0.29) is 24.4 Å². The van der Waals surface area contributed by atoms with E-state index in [4.69, 9.17) is 4.98 Å². The molecule has 2 atom stereocenters. The summed E-state index contributed by atoms with van der Waals surface area (Å²) in [6.45, 7) is 5.02. The summed E-state index contributed by atoms with van der Waals surface area (Å²) in [6, 6.07) is 8.13. The van der Waals surface area contributed by atoms with Crippen molar-refractivity contribution in [2.45, 2.75) is 38.6 Å². The molecule has 4 rings (SSSR count). The molecule has 0 amide bonds. The number of benzene rings is 1. The zero-order valence-electron chi connectivity index (χ0n) is 16.1. The van der Waals surface area contributed by atoms with Gasteiger partial charge in [0, 0.05) is 24.2 Å². The number of fused-ring (bicyclic) bond motifs is 1. The lowest BCUT2D eigenvalue weighted by atomic mass is 10.0. The quantitative estimate of drug-likeness (QED) is 0.675. The molecule has 0 bridgehead atoms. The van der Waals surface area contributed by atoms with Crippen LogP contribution in [0.5, 0.6) is 0 Å². The second-order valence-corrected chi connectivity index (χ2v) is 7.21. The van der Waals surface area contributed by atoms with Gasteiger partial charge in [0.25, 0.3) is 0 Å². The summed E-state index contributed by atoms with van der Waals surface area (Å²) >= 11 is 0. The van der Waals surface area contributed by atoms with E-state index < -0.39 is 0 Å². The minimum atomic E-state index is -0.285. The van der Waals surface area contributed by atoms with Crippen LogP contribution in [0.15, 0.2) is 36.5 Å². The Labute approximate surface area is 163 Å². The van der Waals surface area contributed by atoms with Gasteiger partial charge in [-0.15, -0.1) is 0 Å². The van der Waals surface area contributed by atoms with Crippen LogP contribution < -0.4 is 5.32 Å². The lowest BCUT2D eigenvalue weighted by molar-refractivity contribution is 0.232. The van der Waals surface area contributed by atoms with Crippen LogP contribution in [0.3, 0.4) is 0 Å². The van der Waals surface area contributed by atoms with Crippen molar-refractivity contribution in [3.63, 3.8) is 0 Å². The molecule has 2 N–H and O–H groups in total. The third-order valence-corrected chi connectivity index (χ3v) is 5.13. The first-order chi connectivity index (χ1) is 13.6. The van der Waals surface area contributed by atoms with Crippen LogP contribution in [0.1, 0.15) is 44.5 Å². The van der Waals surface area contributed by atoms with Gasteiger partial charge in [-0.3, -0.25) is 0 Å². The molecule has 0 radical (unpaired) electrons. The molecule has 0 spiro atoms. The van der Waals surface area contributed by atoms with Crippen LogP contribution in [0.4, 0.5) is 10.3 Å². The average Bonchev–Trinajstić information content (AvgIpc) is 3.25. The number of halogens is 1. The van der Waals surface area contributed by atoms with E-state index in [9.17, 15) is 9.50 Å². The van der Waals surface area contributed by atoms with Crippen LogP contribution in [-0.2, 0) is 0 Å². The summed E-state index contributed by atoms with van der Waals surface area (Å²) in [5.74, 6) is 1.43. The first-order valence-corrected chi connectivity index (χ1v) is 9.68. The minimum Gasteiger partial charge on any atom is -0.394 e. The number of anilines is 1. The van der Waals surface area contributed by atoms with Crippen molar-refractivity contribution in [2.24, 2.45) is 0 Å². The average molecular weight is 381 g/mol. The predicted octanol–water partition coefficient (Wildman–Crippen LogP) is 4.01. The van der Waals surface area contributed by atoms with E-state index in [1.54, 1.807) is 18.3 Å². The number of nitrogens with one attached hydrogen (secondary N) is 1. The molecule has 7 heteroatoms. The lowest BCUT2D eigenvalue weighted by Gasteiger charge is -2.15. The molecule has 0 fully saturated rings. The zero-order valence-corrected chi connectivity index (χ0v) is 16.1. The zero-order chi connectivity index (χ0) is 19.7. The molecule has 28 heavy (non-hydrogen) atoms. The number of aromatic nitrogens is 4. The van der Waals surface area contributed by atoms with Crippen LogP contribution in [0.2, 0.25) is 0 Å². The Morgan fingerprint density at radius 2 is 2.00 bits per heavy atom. The summed E-state index contributed by atoms with van der Waals surface area (Å²) in [6.07, 6.45) is 3.53. The van der Waals surface area contributed by atoms with E-state index in [2.05, 4.69) is 33.7 Å². The highest BCUT2D eigenvalue weighted by atomic mass is 19.1. The van der Waals surface area contributed by atoms with Crippen molar-refractivity contribution in [2.75, 3.05) is 18.5 Å². The van der Waals surface area contributed by atoms with Crippen LogP contribution in [0, 0.1) is 5.82 Å². The highest BCUT2D eigenvalue weighted by molar-refractivity contribution is 5.78. The van der Waals surface area contributed by atoms with Crippen molar-refractivity contribution in [1.82, 2.24) is 19.5 Å². The van der Waals surface area contributed by atoms with Crippen molar-refractivity contribution < 1.29 is 9.50 Å². The van der Waals surface area contributed by atoms with Gasteiger partial charge in [0.2, 0.25) is 5.95 Å². The number of rotatable bonds is 6. The van der Waals surface area contributed by atoms with E-state index in [1.165, 1.54) is 12.1 Å². The Morgan fingerprint density at radius 1 is 1.21 bits per heavy atom. The lowest BCUT2D eigenvalue weighted by Crippen LogP contribution is -2.11. The largest absolute Gasteiger partial charge is 0.394 e. The van der Waals surface area contributed by atoms with Gasteiger partial charge < -0.3 is 15.0 Å². The fourth-order valence-corrected chi connectivity index (χ4v) is 3.81. The highest BCUT2D eigenvalue weighted by Crippen LogP contribution is 2.43. The van der Waals surface area contributed by atoms with Crippen LogP contribution >= 0.6 is 0 Å². The van der Waals surface area contributed by atoms with Crippen LogP contribution in [0.25, 0.3) is 22.6 Å². The first-order valence-electron chi connectivity index (χ1n) is 9.68. The number of aliphatic hydroxyl groups excluding tert-OH is 1. The van der Waals surface area contributed by atoms with E-state index >= 15 is 0 Å². The summed E-state index contributed by atoms with van der Waals surface area (Å²) in [4.78, 5) is 13.9.